The van der Waals surface area contributed by atoms with Gasteiger partial charge in [-0.25, -0.2) is 0 Å². The van der Waals surface area contributed by atoms with E-state index in [2.05, 4.69) is 36.1 Å². The van der Waals surface area contributed by atoms with Crippen molar-refractivity contribution in [3.8, 4) is 0 Å². The highest BCUT2D eigenvalue weighted by Gasteiger charge is 2.14. The van der Waals surface area contributed by atoms with Gasteiger partial charge in [0.15, 0.2) is 0 Å². The molecule has 0 spiro atoms. The van der Waals surface area contributed by atoms with Crippen molar-refractivity contribution in [3.05, 3.63) is 35.4 Å². The van der Waals surface area contributed by atoms with Crippen molar-refractivity contribution in [3.63, 3.8) is 0 Å². The monoisotopic (exact) mass is 234 g/mol. The Balaban J connectivity index is 1.91. The molecule has 1 saturated heterocycles. The number of rotatable bonds is 3. The van der Waals surface area contributed by atoms with Crippen molar-refractivity contribution in [1.29, 1.82) is 0 Å². The molecule has 1 unspecified atom stereocenters. The molecule has 2 rings (SSSR count). The van der Waals surface area contributed by atoms with Crippen molar-refractivity contribution in [2.45, 2.75) is 19.4 Å². The highest BCUT2D eigenvalue weighted by molar-refractivity contribution is 5.24. The fraction of sp³-hybridized carbons (Fsp3) is 0.571. The first-order chi connectivity index (χ1) is 8.25. The van der Waals surface area contributed by atoms with Gasteiger partial charge >= 0.3 is 0 Å². The lowest BCUT2D eigenvalue weighted by molar-refractivity contribution is 0.140. The lowest BCUT2D eigenvalue weighted by Gasteiger charge is -2.23. The van der Waals surface area contributed by atoms with E-state index in [1.165, 1.54) is 11.1 Å². The molecular weight excluding hydrogens is 212 g/mol. The highest BCUT2D eigenvalue weighted by atomic mass is 16.5. The van der Waals surface area contributed by atoms with E-state index in [-0.39, 0.29) is 6.04 Å². The van der Waals surface area contributed by atoms with Crippen LogP contribution in [0.4, 0.5) is 0 Å². The lowest BCUT2D eigenvalue weighted by atomic mass is 10.1. The van der Waals surface area contributed by atoms with E-state index < -0.39 is 0 Å². The first-order valence-corrected chi connectivity index (χ1v) is 6.38. The van der Waals surface area contributed by atoms with Gasteiger partial charge in [0.05, 0.1) is 6.61 Å². The van der Waals surface area contributed by atoms with E-state index in [4.69, 9.17) is 10.5 Å². The summed E-state index contributed by atoms with van der Waals surface area (Å²) in [6, 6.07) is 8.62. The van der Waals surface area contributed by atoms with E-state index in [9.17, 15) is 0 Å². The van der Waals surface area contributed by atoms with E-state index in [0.717, 1.165) is 39.3 Å². The predicted molar refractivity (Wildman–Crippen MR) is 70.0 cm³/mol. The smallest absolute Gasteiger partial charge is 0.0593 e. The van der Waals surface area contributed by atoms with Crippen LogP contribution in [0.3, 0.4) is 0 Å². The molecule has 1 aromatic carbocycles. The summed E-state index contributed by atoms with van der Waals surface area (Å²) < 4.78 is 5.45. The van der Waals surface area contributed by atoms with Crippen LogP contribution in [0.2, 0.25) is 0 Å². The highest BCUT2D eigenvalue weighted by Crippen LogP contribution is 2.13. The van der Waals surface area contributed by atoms with Crippen LogP contribution < -0.4 is 5.73 Å². The maximum atomic E-state index is 6.24. The van der Waals surface area contributed by atoms with Gasteiger partial charge in [-0.05, 0) is 18.9 Å². The van der Waals surface area contributed by atoms with Gasteiger partial charge < -0.3 is 10.5 Å². The lowest BCUT2D eigenvalue weighted by Crippen LogP contribution is -2.34. The van der Waals surface area contributed by atoms with Gasteiger partial charge in [-0.15, -0.1) is 0 Å². The second-order valence-corrected chi connectivity index (χ2v) is 4.78. The van der Waals surface area contributed by atoms with E-state index >= 15 is 0 Å². The first-order valence-electron chi connectivity index (χ1n) is 6.38. The average molecular weight is 234 g/mol. The van der Waals surface area contributed by atoms with E-state index in [1.807, 2.05) is 0 Å². The Morgan fingerprint density at radius 2 is 2.00 bits per heavy atom. The fourth-order valence-electron chi connectivity index (χ4n) is 2.18. The van der Waals surface area contributed by atoms with Crippen molar-refractivity contribution in [2.75, 3.05) is 32.8 Å². The summed E-state index contributed by atoms with van der Waals surface area (Å²) >= 11 is 0. The maximum Gasteiger partial charge on any atom is 0.0593 e. The largest absolute Gasteiger partial charge is 0.380 e. The van der Waals surface area contributed by atoms with Gasteiger partial charge in [-0.1, -0.05) is 29.8 Å². The van der Waals surface area contributed by atoms with Crippen LogP contribution in [0.5, 0.6) is 0 Å². The average Bonchev–Trinajstić information content (AvgIpc) is 2.58. The third-order valence-electron chi connectivity index (χ3n) is 3.28. The summed E-state index contributed by atoms with van der Waals surface area (Å²) in [7, 11) is 0. The zero-order chi connectivity index (χ0) is 12.1. The Hall–Kier alpha value is -0.900. The van der Waals surface area contributed by atoms with Crippen LogP contribution in [-0.2, 0) is 4.74 Å². The summed E-state index contributed by atoms with van der Waals surface area (Å²) in [5, 5.41) is 0. The number of benzene rings is 1. The first kappa shape index (κ1) is 12.6. The topological polar surface area (TPSA) is 38.5 Å². The summed E-state index contributed by atoms with van der Waals surface area (Å²) in [6.45, 7) is 6.84. The van der Waals surface area contributed by atoms with Gasteiger partial charge in [0.2, 0.25) is 0 Å². The second-order valence-electron chi connectivity index (χ2n) is 4.78. The fourth-order valence-corrected chi connectivity index (χ4v) is 2.18. The number of ether oxygens (including phenoxy) is 1. The van der Waals surface area contributed by atoms with Crippen LogP contribution in [0.1, 0.15) is 23.6 Å². The Kier molecular flexibility index (Phi) is 4.54. The normalized spacial score (nSPS) is 19.9. The second kappa shape index (κ2) is 6.15. The van der Waals surface area contributed by atoms with E-state index in [0.29, 0.717) is 0 Å². The Morgan fingerprint density at radius 1 is 1.24 bits per heavy atom. The quantitative estimate of drug-likeness (QED) is 0.865. The van der Waals surface area contributed by atoms with Crippen molar-refractivity contribution in [2.24, 2.45) is 5.73 Å². The summed E-state index contributed by atoms with van der Waals surface area (Å²) in [5.74, 6) is 0. The van der Waals surface area contributed by atoms with Crippen LogP contribution in [0.25, 0.3) is 0 Å². The van der Waals surface area contributed by atoms with E-state index in [1.54, 1.807) is 0 Å². The molecule has 2 N–H and O–H groups in total. The zero-order valence-corrected chi connectivity index (χ0v) is 10.6. The van der Waals surface area contributed by atoms with Gasteiger partial charge in [-0.2, -0.15) is 0 Å². The van der Waals surface area contributed by atoms with Crippen LogP contribution in [0, 0.1) is 6.92 Å². The number of nitrogens with zero attached hydrogens (tertiary/aromatic N) is 1. The molecule has 1 fully saturated rings. The Morgan fingerprint density at radius 3 is 2.76 bits per heavy atom. The Labute approximate surface area is 104 Å². The molecule has 0 amide bonds. The molecule has 3 nitrogen and oxygen atoms in total. The zero-order valence-electron chi connectivity index (χ0n) is 10.6. The van der Waals surface area contributed by atoms with Gasteiger partial charge in [-0.3, -0.25) is 4.90 Å². The summed E-state index contributed by atoms with van der Waals surface area (Å²) in [6.07, 6.45) is 1.11. The molecule has 0 aromatic heterocycles. The van der Waals surface area contributed by atoms with Gasteiger partial charge in [0.25, 0.3) is 0 Å². The van der Waals surface area contributed by atoms with Crippen molar-refractivity contribution in [1.82, 2.24) is 4.90 Å². The third-order valence-corrected chi connectivity index (χ3v) is 3.28. The molecule has 0 saturated carbocycles. The van der Waals surface area contributed by atoms with Gasteiger partial charge in [0.1, 0.15) is 0 Å². The number of nitrogens with two attached hydrogens (primary N) is 1. The van der Waals surface area contributed by atoms with Crippen LogP contribution in [0.15, 0.2) is 24.3 Å². The minimum atomic E-state index is 0.105. The molecule has 94 valence electrons. The van der Waals surface area contributed by atoms with Crippen LogP contribution >= 0.6 is 0 Å². The molecule has 1 aliphatic heterocycles. The molecule has 1 aliphatic rings. The molecule has 3 heteroatoms. The summed E-state index contributed by atoms with van der Waals surface area (Å²) in [5.41, 5.74) is 8.75. The molecular formula is C14H22N2O. The number of hydrogen-bond donors (Lipinski definition) is 1. The molecule has 1 atom stereocenters. The molecule has 0 radical (unpaired) electrons. The number of aryl methyl sites for hydroxylation is 1. The van der Waals surface area contributed by atoms with Crippen LogP contribution in [-0.4, -0.2) is 37.7 Å². The minimum absolute atomic E-state index is 0.105. The Bertz CT molecular complexity index is 329. The number of hydrogen-bond acceptors (Lipinski definition) is 3. The molecule has 1 heterocycles. The maximum absolute atomic E-state index is 6.24. The third kappa shape index (κ3) is 3.80. The SMILES string of the molecule is Cc1ccc(C(N)CN2CCCOCC2)cc1. The van der Waals surface area contributed by atoms with Crippen molar-refractivity contribution >= 4 is 0 Å². The van der Waals surface area contributed by atoms with Gasteiger partial charge in [0, 0.05) is 32.3 Å². The molecule has 0 bridgehead atoms. The molecule has 17 heavy (non-hydrogen) atoms. The predicted octanol–water partition coefficient (Wildman–Crippen LogP) is 1.72. The molecule has 1 aromatic rings. The minimum Gasteiger partial charge on any atom is -0.380 e. The standard InChI is InChI=1S/C14H22N2O/c1-12-3-5-13(6-4-12)14(15)11-16-7-2-9-17-10-8-16/h3-6,14H,2,7-11,15H2,1H3. The molecule has 0 aliphatic carbocycles. The van der Waals surface area contributed by atoms with Crippen molar-refractivity contribution < 1.29 is 4.74 Å². The summed E-state index contributed by atoms with van der Waals surface area (Å²) in [4.78, 5) is 2.40.